The fraction of sp³-hybridized carbons (Fsp3) is 0.731. The Morgan fingerprint density at radius 2 is 1.66 bits per heavy atom. The number of aryl methyl sites for hydroxylation is 1. The number of rotatable bonds is 4. The molecule has 2 bridgehead atoms. The van der Waals surface area contributed by atoms with Crippen molar-refractivity contribution < 1.29 is 40.6 Å². The summed E-state index contributed by atoms with van der Waals surface area (Å²) >= 11 is 0. The Bertz CT molecular complexity index is 998. The third kappa shape index (κ3) is 5.57. The van der Waals surface area contributed by atoms with E-state index in [1.165, 1.54) is 16.8 Å². The molecule has 212 valence electrons. The van der Waals surface area contributed by atoms with Crippen LogP contribution in [0.5, 0.6) is 0 Å². The number of carbonyl (C=O) groups excluding carboxylic acids is 1. The Morgan fingerprint density at radius 3 is 2.26 bits per heavy atom. The van der Waals surface area contributed by atoms with Crippen molar-refractivity contribution in [3.8, 4) is 0 Å². The maximum absolute atomic E-state index is 12.8. The van der Waals surface area contributed by atoms with Crippen LogP contribution >= 0.6 is 0 Å². The van der Waals surface area contributed by atoms with Crippen molar-refractivity contribution in [2.75, 3.05) is 37.6 Å². The van der Waals surface area contributed by atoms with Gasteiger partial charge in [0, 0.05) is 44.0 Å². The molecule has 0 aromatic heterocycles. The summed E-state index contributed by atoms with van der Waals surface area (Å²) in [6.45, 7) is 5.40. The van der Waals surface area contributed by atoms with E-state index >= 15 is 0 Å². The molecule has 4 aliphatic rings. The molecule has 4 saturated heterocycles. The molecule has 4 aliphatic heterocycles. The molecule has 6 nitrogen and oxygen atoms in total. The largest absolute Gasteiger partial charge is 0.434 e. The van der Waals surface area contributed by atoms with Gasteiger partial charge < -0.3 is 19.3 Å². The number of benzene rings is 1. The lowest BCUT2D eigenvalue weighted by atomic mass is 9.84. The van der Waals surface area contributed by atoms with Crippen molar-refractivity contribution in [1.29, 1.82) is 0 Å². The predicted octanol–water partition coefficient (Wildman–Crippen LogP) is 5.42. The van der Waals surface area contributed by atoms with Gasteiger partial charge in [0.05, 0.1) is 12.2 Å². The predicted molar refractivity (Wildman–Crippen MR) is 127 cm³/mol. The Hall–Kier alpha value is -2.21. The minimum absolute atomic E-state index is 0.0470. The number of alkyl halides is 6. The first kappa shape index (κ1) is 27.4. The van der Waals surface area contributed by atoms with Gasteiger partial charge in [0.2, 0.25) is 0 Å². The minimum Gasteiger partial charge on any atom is -0.426 e. The molecule has 0 aliphatic carbocycles. The molecule has 4 fully saturated rings. The van der Waals surface area contributed by atoms with E-state index in [4.69, 9.17) is 4.74 Å². The van der Waals surface area contributed by atoms with E-state index in [-0.39, 0.29) is 30.8 Å². The Balaban J connectivity index is 1.25. The second-order valence-electron chi connectivity index (χ2n) is 11.1. The first-order valence-electron chi connectivity index (χ1n) is 13.2. The van der Waals surface area contributed by atoms with Crippen LogP contribution in [0.4, 0.5) is 36.8 Å². The second-order valence-corrected chi connectivity index (χ2v) is 11.1. The average molecular weight is 550 g/mol. The monoisotopic (exact) mass is 549 g/mol. The summed E-state index contributed by atoms with van der Waals surface area (Å²) in [5.41, 5.74) is 3.30. The van der Waals surface area contributed by atoms with Gasteiger partial charge in [0.15, 0.2) is 0 Å². The van der Waals surface area contributed by atoms with E-state index < -0.39 is 24.5 Å². The van der Waals surface area contributed by atoms with E-state index in [1.54, 1.807) is 0 Å². The maximum atomic E-state index is 12.8. The molecule has 12 heteroatoms. The van der Waals surface area contributed by atoms with Crippen LogP contribution in [-0.4, -0.2) is 84.8 Å². The zero-order chi connectivity index (χ0) is 27.3. The molecule has 5 rings (SSSR count). The number of anilines is 1. The van der Waals surface area contributed by atoms with Crippen LogP contribution in [0, 0.1) is 6.92 Å². The van der Waals surface area contributed by atoms with Crippen LogP contribution in [-0.2, 0) is 16.0 Å². The van der Waals surface area contributed by atoms with Crippen LogP contribution in [0.3, 0.4) is 0 Å². The molecule has 1 aromatic carbocycles. The van der Waals surface area contributed by atoms with Gasteiger partial charge in [-0.2, -0.15) is 26.3 Å². The normalized spacial score (nSPS) is 26.0. The lowest BCUT2D eigenvalue weighted by Crippen LogP contribution is -2.54. The highest BCUT2D eigenvalue weighted by Crippen LogP contribution is 2.42. The van der Waals surface area contributed by atoms with E-state index in [1.807, 2.05) is 0 Å². The maximum Gasteiger partial charge on any atom is 0.434 e. The number of fused-ring (bicyclic) bond motifs is 2. The molecule has 1 aromatic rings. The standard InChI is InChI=1S/C26H33F6N3O3/c1-17-3-4-18(21(13-17)34-15-19-5-6-20(16-34)37-19)14-35-10-2-7-24(35)8-11-33(12-9-24)23(36)38-22(25(27,28)29)26(30,31)32/h3-4,13,19-20,22H,2,5-12,14-16H2,1H3. The first-order chi connectivity index (χ1) is 17.8. The van der Waals surface area contributed by atoms with E-state index in [0.717, 1.165) is 50.2 Å². The number of carbonyl (C=O) groups is 1. The summed E-state index contributed by atoms with van der Waals surface area (Å²) in [6.07, 6.45) is -11.8. The lowest BCUT2D eigenvalue weighted by molar-refractivity contribution is -0.308. The summed E-state index contributed by atoms with van der Waals surface area (Å²) in [5, 5.41) is 0. The summed E-state index contributed by atoms with van der Waals surface area (Å²) in [5.74, 6) is 0. The third-order valence-electron chi connectivity index (χ3n) is 8.49. The van der Waals surface area contributed by atoms with Gasteiger partial charge in [0.25, 0.3) is 6.10 Å². The third-order valence-corrected chi connectivity index (χ3v) is 8.49. The SMILES string of the molecule is Cc1ccc(CN2CCCC23CCN(C(=O)OC(C(F)(F)F)C(F)(F)F)CC3)c(N2CC3CCC(C2)O3)c1. The number of nitrogens with zero attached hydrogens (tertiary/aromatic N) is 3. The van der Waals surface area contributed by atoms with E-state index in [9.17, 15) is 31.1 Å². The number of amides is 1. The summed E-state index contributed by atoms with van der Waals surface area (Å²) in [7, 11) is 0. The first-order valence-corrected chi connectivity index (χ1v) is 13.2. The van der Waals surface area contributed by atoms with Crippen molar-refractivity contribution in [2.24, 2.45) is 0 Å². The van der Waals surface area contributed by atoms with Crippen molar-refractivity contribution >= 4 is 11.8 Å². The molecular formula is C26H33F6N3O3. The quantitative estimate of drug-likeness (QED) is 0.470. The van der Waals surface area contributed by atoms with Crippen LogP contribution in [0.1, 0.15) is 49.7 Å². The number of likely N-dealkylation sites (tertiary alicyclic amines) is 2. The zero-order valence-corrected chi connectivity index (χ0v) is 21.3. The fourth-order valence-electron chi connectivity index (χ4n) is 6.53. The van der Waals surface area contributed by atoms with E-state index in [2.05, 4.69) is 39.7 Å². The van der Waals surface area contributed by atoms with Crippen molar-refractivity contribution in [3.63, 3.8) is 0 Å². The molecule has 38 heavy (non-hydrogen) atoms. The van der Waals surface area contributed by atoms with Gasteiger partial charge in [-0.25, -0.2) is 4.79 Å². The summed E-state index contributed by atoms with van der Waals surface area (Å²) < 4.78 is 87.0. The van der Waals surface area contributed by atoms with Crippen LogP contribution in [0.25, 0.3) is 0 Å². The Morgan fingerprint density at radius 1 is 1.03 bits per heavy atom. The van der Waals surface area contributed by atoms with Gasteiger partial charge in [-0.1, -0.05) is 12.1 Å². The topological polar surface area (TPSA) is 45.2 Å². The number of halogens is 6. The second kappa shape index (κ2) is 10.1. The van der Waals surface area contributed by atoms with E-state index in [0.29, 0.717) is 19.4 Å². The number of hydrogen-bond donors (Lipinski definition) is 0. The van der Waals surface area contributed by atoms with Crippen LogP contribution in [0.15, 0.2) is 18.2 Å². The van der Waals surface area contributed by atoms with Crippen molar-refractivity contribution in [3.05, 3.63) is 29.3 Å². The molecule has 1 amide bonds. The molecule has 2 unspecified atom stereocenters. The van der Waals surface area contributed by atoms with Gasteiger partial charge in [-0.3, -0.25) is 4.90 Å². The fourth-order valence-corrected chi connectivity index (χ4v) is 6.53. The van der Waals surface area contributed by atoms with Gasteiger partial charge in [-0.05, 0) is 69.2 Å². The zero-order valence-electron chi connectivity index (χ0n) is 21.3. The van der Waals surface area contributed by atoms with Gasteiger partial charge in [-0.15, -0.1) is 0 Å². The molecule has 0 saturated carbocycles. The molecule has 2 atom stereocenters. The molecule has 0 N–H and O–H groups in total. The highest BCUT2D eigenvalue weighted by atomic mass is 19.4. The Labute approximate surface area is 217 Å². The number of ether oxygens (including phenoxy) is 2. The average Bonchev–Trinajstić information content (AvgIpc) is 3.38. The number of piperidine rings is 1. The van der Waals surface area contributed by atoms with Crippen LogP contribution < -0.4 is 4.90 Å². The van der Waals surface area contributed by atoms with Crippen molar-refractivity contribution in [1.82, 2.24) is 9.80 Å². The number of morpholine rings is 1. The minimum atomic E-state index is -5.72. The van der Waals surface area contributed by atoms with Crippen LogP contribution in [0.2, 0.25) is 0 Å². The lowest BCUT2D eigenvalue weighted by Gasteiger charge is -2.45. The highest BCUT2D eigenvalue weighted by molar-refractivity contribution is 5.68. The molecule has 0 radical (unpaired) electrons. The smallest absolute Gasteiger partial charge is 0.426 e. The van der Waals surface area contributed by atoms with Crippen molar-refractivity contribution in [2.45, 2.75) is 88.2 Å². The van der Waals surface area contributed by atoms with Gasteiger partial charge >= 0.3 is 18.4 Å². The molecule has 1 spiro atoms. The summed E-state index contributed by atoms with van der Waals surface area (Å²) in [6, 6.07) is 6.45. The molecular weight excluding hydrogens is 516 g/mol. The Kier molecular flexibility index (Phi) is 7.25. The highest BCUT2D eigenvalue weighted by Gasteiger charge is 2.60. The molecule has 4 heterocycles. The number of hydrogen-bond acceptors (Lipinski definition) is 5. The summed E-state index contributed by atoms with van der Waals surface area (Å²) in [4.78, 5) is 18.0. The van der Waals surface area contributed by atoms with Gasteiger partial charge in [0.1, 0.15) is 0 Å².